The lowest BCUT2D eigenvalue weighted by molar-refractivity contribution is -0.137. The van der Waals surface area contributed by atoms with Crippen LogP contribution in [0.25, 0.3) is 0 Å². The van der Waals surface area contributed by atoms with Crippen molar-refractivity contribution in [2.75, 3.05) is 6.61 Å². The van der Waals surface area contributed by atoms with E-state index in [4.69, 9.17) is 4.74 Å². The van der Waals surface area contributed by atoms with E-state index in [1.54, 1.807) is 12.1 Å². The Labute approximate surface area is 135 Å². The van der Waals surface area contributed by atoms with E-state index in [1.165, 1.54) is 0 Å². The van der Waals surface area contributed by atoms with Gasteiger partial charge in [0, 0.05) is 0 Å². The standard InChI is InChI=1S/C19H21F3O/c1-2-3-14-23-18-12-8-16(9-13-18)5-4-15-6-10-17(11-7-15)19(20,21)22/h6-13H,2-5,14H2,1H3. The molecule has 0 saturated carbocycles. The van der Waals surface area contributed by atoms with E-state index < -0.39 is 11.7 Å². The van der Waals surface area contributed by atoms with Crippen molar-refractivity contribution in [3.05, 3.63) is 65.2 Å². The highest BCUT2D eigenvalue weighted by atomic mass is 19.4. The highest BCUT2D eigenvalue weighted by Crippen LogP contribution is 2.29. The second-order valence-corrected chi connectivity index (χ2v) is 5.54. The van der Waals surface area contributed by atoms with E-state index in [0.717, 1.165) is 54.9 Å². The summed E-state index contributed by atoms with van der Waals surface area (Å²) >= 11 is 0. The smallest absolute Gasteiger partial charge is 0.416 e. The number of alkyl halides is 3. The van der Waals surface area contributed by atoms with Gasteiger partial charge < -0.3 is 4.74 Å². The van der Waals surface area contributed by atoms with Crippen molar-refractivity contribution < 1.29 is 17.9 Å². The van der Waals surface area contributed by atoms with Crippen molar-refractivity contribution in [1.82, 2.24) is 0 Å². The van der Waals surface area contributed by atoms with Gasteiger partial charge in [0.25, 0.3) is 0 Å². The lowest BCUT2D eigenvalue weighted by Crippen LogP contribution is -2.04. The summed E-state index contributed by atoms with van der Waals surface area (Å²) in [6.07, 6.45) is -0.623. The summed E-state index contributed by atoms with van der Waals surface area (Å²) in [6.45, 7) is 2.84. The van der Waals surface area contributed by atoms with Crippen LogP contribution in [-0.4, -0.2) is 6.61 Å². The minimum absolute atomic E-state index is 0.602. The van der Waals surface area contributed by atoms with Crippen molar-refractivity contribution in [2.45, 2.75) is 38.8 Å². The Bertz CT molecular complexity index is 586. The summed E-state index contributed by atoms with van der Waals surface area (Å²) < 4.78 is 43.1. The quantitative estimate of drug-likeness (QED) is 0.597. The van der Waals surface area contributed by atoms with Gasteiger partial charge in [0.1, 0.15) is 5.75 Å². The van der Waals surface area contributed by atoms with Gasteiger partial charge in [-0.25, -0.2) is 0 Å². The number of benzene rings is 2. The predicted octanol–water partition coefficient (Wildman–Crippen LogP) is 5.67. The summed E-state index contributed by atoms with van der Waals surface area (Å²) in [5.74, 6) is 0.858. The summed E-state index contributed by atoms with van der Waals surface area (Å²) in [7, 11) is 0. The number of rotatable bonds is 7. The van der Waals surface area contributed by atoms with Crippen LogP contribution in [-0.2, 0) is 19.0 Å². The number of aryl methyl sites for hydroxylation is 2. The molecule has 0 saturated heterocycles. The SMILES string of the molecule is CCCCOc1ccc(CCc2ccc(C(F)(F)F)cc2)cc1. The zero-order chi connectivity index (χ0) is 16.7. The Morgan fingerprint density at radius 1 is 0.826 bits per heavy atom. The number of halogens is 3. The van der Waals surface area contributed by atoms with E-state index in [9.17, 15) is 13.2 Å². The molecule has 23 heavy (non-hydrogen) atoms. The molecule has 0 N–H and O–H groups in total. The first-order chi connectivity index (χ1) is 11.0. The average Bonchev–Trinajstić information content (AvgIpc) is 2.54. The van der Waals surface area contributed by atoms with E-state index in [1.807, 2.05) is 24.3 Å². The van der Waals surface area contributed by atoms with E-state index in [2.05, 4.69) is 6.92 Å². The van der Waals surface area contributed by atoms with E-state index in [-0.39, 0.29) is 0 Å². The molecule has 0 amide bonds. The van der Waals surface area contributed by atoms with E-state index >= 15 is 0 Å². The molecule has 0 fully saturated rings. The molecule has 0 heterocycles. The van der Waals surface area contributed by atoms with Crippen LogP contribution in [0.3, 0.4) is 0 Å². The van der Waals surface area contributed by atoms with Gasteiger partial charge in [-0.3, -0.25) is 0 Å². The molecular weight excluding hydrogens is 301 g/mol. The highest BCUT2D eigenvalue weighted by Gasteiger charge is 2.29. The van der Waals surface area contributed by atoms with Crippen LogP contribution < -0.4 is 4.74 Å². The van der Waals surface area contributed by atoms with Crippen LogP contribution in [0.2, 0.25) is 0 Å². The Morgan fingerprint density at radius 2 is 1.35 bits per heavy atom. The molecule has 0 aliphatic carbocycles. The molecule has 2 aromatic rings. The molecule has 2 rings (SSSR count). The molecule has 0 atom stereocenters. The van der Waals surface area contributed by atoms with Crippen LogP contribution in [0.4, 0.5) is 13.2 Å². The zero-order valence-corrected chi connectivity index (χ0v) is 13.2. The molecule has 0 aliphatic rings. The van der Waals surface area contributed by atoms with Crippen LogP contribution >= 0.6 is 0 Å². The van der Waals surface area contributed by atoms with Crippen molar-refractivity contribution in [3.8, 4) is 5.75 Å². The fourth-order valence-corrected chi connectivity index (χ4v) is 2.24. The molecule has 0 unspecified atom stereocenters. The molecule has 1 nitrogen and oxygen atoms in total. The maximum absolute atomic E-state index is 12.5. The fourth-order valence-electron chi connectivity index (χ4n) is 2.24. The van der Waals surface area contributed by atoms with Crippen molar-refractivity contribution in [2.24, 2.45) is 0 Å². The minimum Gasteiger partial charge on any atom is -0.494 e. The Kier molecular flexibility index (Phi) is 6.08. The molecule has 0 aliphatic heterocycles. The fraction of sp³-hybridized carbons (Fsp3) is 0.368. The molecule has 0 radical (unpaired) electrons. The van der Waals surface area contributed by atoms with Crippen molar-refractivity contribution in [3.63, 3.8) is 0 Å². The van der Waals surface area contributed by atoms with E-state index in [0.29, 0.717) is 6.42 Å². The van der Waals surface area contributed by atoms with Gasteiger partial charge >= 0.3 is 6.18 Å². The average molecular weight is 322 g/mol. The van der Waals surface area contributed by atoms with Crippen LogP contribution in [0.5, 0.6) is 5.75 Å². The maximum Gasteiger partial charge on any atom is 0.416 e. The molecule has 0 aromatic heterocycles. The third-order valence-electron chi connectivity index (χ3n) is 3.67. The topological polar surface area (TPSA) is 9.23 Å². The molecule has 0 bridgehead atoms. The third-order valence-corrected chi connectivity index (χ3v) is 3.67. The van der Waals surface area contributed by atoms with Crippen LogP contribution in [0.1, 0.15) is 36.5 Å². The number of hydrogen-bond donors (Lipinski definition) is 0. The number of ether oxygens (including phenoxy) is 1. The van der Waals surface area contributed by atoms with Gasteiger partial charge in [0.15, 0.2) is 0 Å². The lowest BCUT2D eigenvalue weighted by Gasteiger charge is -2.08. The number of hydrogen-bond acceptors (Lipinski definition) is 1. The first kappa shape index (κ1) is 17.4. The Balaban J connectivity index is 1.86. The van der Waals surface area contributed by atoms with Gasteiger partial charge in [0.2, 0.25) is 0 Å². The molecule has 2 aromatic carbocycles. The summed E-state index contributed by atoms with van der Waals surface area (Å²) in [5, 5.41) is 0. The van der Waals surface area contributed by atoms with Gasteiger partial charge in [-0.05, 0) is 54.7 Å². The molecule has 4 heteroatoms. The Hall–Kier alpha value is -1.97. The summed E-state index contributed by atoms with van der Waals surface area (Å²) in [4.78, 5) is 0. The van der Waals surface area contributed by atoms with Gasteiger partial charge in [0.05, 0.1) is 12.2 Å². The first-order valence-electron chi connectivity index (χ1n) is 7.87. The second-order valence-electron chi connectivity index (χ2n) is 5.54. The van der Waals surface area contributed by atoms with Crippen LogP contribution in [0.15, 0.2) is 48.5 Å². The monoisotopic (exact) mass is 322 g/mol. The number of unbranched alkanes of at least 4 members (excludes halogenated alkanes) is 1. The summed E-state index contributed by atoms with van der Waals surface area (Å²) in [6, 6.07) is 13.3. The van der Waals surface area contributed by atoms with Crippen molar-refractivity contribution >= 4 is 0 Å². The largest absolute Gasteiger partial charge is 0.494 e. The van der Waals surface area contributed by atoms with Gasteiger partial charge in [-0.2, -0.15) is 13.2 Å². The first-order valence-corrected chi connectivity index (χ1v) is 7.87. The second kappa shape index (κ2) is 8.04. The summed E-state index contributed by atoms with van der Waals surface area (Å²) in [5.41, 5.74) is 1.45. The lowest BCUT2D eigenvalue weighted by atomic mass is 10.0. The van der Waals surface area contributed by atoms with Crippen LogP contribution in [0, 0.1) is 0 Å². The third kappa shape index (κ3) is 5.62. The molecule has 124 valence electrons. The normalized spacial score (nSPS) is 11.5. The zero-order valence-electron chi connectivity index (χ0n) is 13.2. The maximum atomic E-state index is 12.5. The van der Waals surface area contributed by atoms with Crippen molar-refractivity contribution in [1.29, 1.82) is 0 Å². The molecule has 0 spiro atoms. The van der Waals surface area contributed by atoms with Gasteiger partial charge in [-0.15, -0.1) is 0 Å². The predicted molar refractivity (Wildman–Crippen MR) is 85.7 cm³/mol. The highest BCUT2D eigenvalue weighted by molar-refractivity contribution is 5.29. The molecular formula is C19H21F3O. The Morgan fingerprint density at radius 3 is 1.83 bits per heavy atom. The van der Waals surface area contributed by atoms with Gasteiger partial charge in [-0.1, -0.05) is 37.6 Å². The minimum atomic E-state index is -4.27.